The fourth-order valence-corrected chi connectivity index (χ4v) is 2.66. The summed E-state index contributed by atoms with van der Waals surface area (Å²) in [7, 11) is 1.92. The fourth-order valence-electron chi connectivity index (χ4n) is 2.66. The maximum Gasteiger partial charge on any atom is 0.165 e. The van der Waals surface area contributed by atoms with Crippen LogP contribution in [0.2, 0.25) is 0 Å². The van der Waals surface area contributed by atoms with Gasteiger partial charge in [-0.2, -0.15) is 0 Å². The number of aryl methyl sites for hydroxylation is 1. The number of nitrogens with zero attached hydrogens (tertiary/aromatic N) is 5. The van der Waals surface area contributed by atoms with E-state index in [0.717, 1.165) is 28.1 Å². The van der Waals surface area contributed by atoms with Crippen molar-refractivity contribution in [2.75, 3.05) is 5.32 Å². The lowest BCUT2D eigenvalue weighted by Gasteiger charge is -2.08. The van der Waals surface area contributed by atoms with Gasteiger partial charge in [-0.3, -0.25) is 4.98 Å². The molecule has 0 amide bonds. The molecule has 0 saturated carbocycles. The van der Waals surface area contributed by atoms with Gasteiger partial charge in [0.25, 0.3) is 0 Å². The Hall–Kier alpha value is -3.28. The van der Waals surface area contributed by atoms with Crippen LogP contribution < -0.4 is 5.32 Å². The second-order valence-corrected chi connectivity index (χ2v) is 5.55. The summed E-state index contributed by atoms with van der Waals surface area (Å²) in [5, 5.41) is 3.35. The van der Waals surface area contributed by atoms with Crippen molar-refractivity contribution < 1.29 is 0 Å². The monoisotopic (exact) mass is 316 g/mol. The average Bonchev–Trinajstić information content (AvgIpc) is 3.03. The number of nitrogens with one attached hydrogen (secondary N) is 1. The third-order valence-electron chi connectivity index (χ3n) is 3.88. The Balaban J connectivity index is 1.58. The minimum absolute atomic E-state index is 0.663. The van der Waals surface area contributed by atoms with Crippen molar-refractivity contribution in [3.05, 3.63) is 67.0 Å². The molecule has 0 saturated heterocycles. The van der Waals surface area contributed by atoms with Crippen molar-refractivity contribution in [2.24, 2.45) is 7.05 Å². The Kier molecular flexibility index (Phi) is 3.63. The first kappa shape index (κ1) is 14.3. The topological polar surface area (TPSA) is 68.5 Å². The number of anilines is 1. The van der Waals surface area contributed by atoms with Gasteiger partial charge in [0, 0.05) is 26.0 Å². The number of hydrogen-bond donors (Lipinski definition) is 1. The summed E-state index contributed by atoms with van der Waals surface area (Å²) in [5.74, 6) is 0.743. The predicted octanol–water partition coefficient (Wildman–Crippen LogP) is 3.04. The Morgan fingerprint density at radius 1 is 1.04 bits per heavy atom. The second kappa shape index (κ2) is 6.08. The van der Waals surface area contributed by atoms with Gasteiger partial charge in [-0.05, 0) is 28.8 Å². The van der Waals surface area contributed by atoms with Gasteiger partial charge in [-0.15, -0.1) is 0 Å². The first-order valence-corrected chi connectivity index (χ1v) is 7.66. The third kappa shape index (κ3) is 2.69. The minimum Gasteiger partial charge on any atom is -0.364 e. The number of benzene rings is 1. The molecule has 0 fully saturated rings. The summed E-state index contributed by atoms with van der Waals surface area (Å²) in [6.07, 6.45) is 6.95. The molecule has 0 aliphatic heterocycles. The summed E-state index contributed by atoms with van der Waals surface area (Å²) < 4.78 is 1.88. The van der Waals surface area contributed by atoms with Gasteiger partial charge in [-0.25, -0.2) is 15.0 Å². The zero-order chi connectivity index (χ0) is 16.4. The SMILES string of the molecule is Cn1cnc2c(NCc3cccc(-c4cccnc4)c3)ncnc21. The van der Waals surface area contributed by atoms with Crippen LogP contribution in [0.1, 0.15) is 5.56 Å². The van der Waals surface area contributed by atoms with E-state index in [2.05, 4.69) is 55.6 Å². The standard InChI is InChI=1S/C18H16N6/c1-24-12-23-16-17(21-11-22-18(16)24)20-9-13-4-2-5-14(8-13)15-6-3-7-19-10-15/h2-8,10-12H,9H2,1H3,(H,20,21,22). The van der Waals surface area contributed by atoms with E-state index in [1.54, 1.807) is 18.9 Å². The molecule has 118 valence electrons. The van der Waals surface area contributed by atoms with Crippen LogP contribution in [-0.4, -0.2) is 24.5 Å². The molecule has 1 aromatic carbocycles. The smallest absolute Gasteiger partial charge is 0.165 e. The number of pyridine rings is 1. The van der Waals surface area contributed by atoms with E-state index in [1.165, 1.54) is 5.56 Å². The maximum absolute atomic E-state index is 4.36. The van der Waals surface area contributed by atoms with Crippen molar-refractivity contribution in [3.8, 4) is 11.1 Å². The highest BCUT2D eigenvalue weighted by Crippen LogP contribution is 2.21. The van der Waals surface area contributed by atoms with E-state index in [4.69, 9.17) is 0 Å². The van der Waals surface area contributed by atoms with E-state index in [1.807, 2.05) is 23.9 Å². The lowest BCUT2D eigenvalue weighted by Crippen LogP contribution is -2.03. The van der Waals surface area contributed by atoms with Crippen LogP contribution in [0.3, 0.4) is 0 Å². The quantitative estimate of drug-likeness (QED) is 0.627. The van der Waals surface area contributed by atoms with Crippen LogP contribution >= 0.6 is 0 Å². The summed E-state index contributed by atoms with van der Waals surface area (Å²) in [6, 6.07) is 12.4. The van der Waals surface area contributed by atoms with Gasteiger partial charge in [0.1, 0.15) is 11.8 Å². The van der Waals surface area contributed by atoms with Crippen LogP contribution in [0.25, 0.3) is 22.3 Å². The molecule has 0 atom stereocenters. The highest BCUT2D eigenvalue weighted by Gasteiger charge is 2.08. The number of rotatable bonds is 4. The van der Waals surface area contributed by atoms with Crippen molar-refractivity contribution in [3.63, 3.8) is 0 Å². The summed E-state index contributed by atoms with van der Waals surface area (Å²) in [6.45, 7) is 0.663. The van der Waals surface area contributed by atoms with Gasteiger partial charge < -0.3 is 9.88 Å². The summed E-state index contributed by atoms with van der Waals surface area (Å²) >= 11 is 0. The lowest BCUT2D eigenvalue weighted by molar-refractivity contribution is 0.928. The predicted molar refractivity (Wildman–Crippen MR) is 93.3 cm³/mol. The van der Waals surface area contributed by atoms with E-state index in [0.29, 0.717) is 6.54 Å². The molecule has 3 aromatic heterocycles. The van der Waals surface area contributed by atoms with Crippen LogP contribution in [0.5, 0.6) is 0 Å². The summed E-state index contributed by atoms with van der Waals surface area (Å²) in [5.41, 5.74) is 5.01. The van der Waals surface area contributed by atoms with E-state index >= 15 is 0 Å². The molecule has 24 heavy (non-hydrogen) atoms. The Morgan fingerprint density at radius 3 is 2.83 bits per heavy atom. The second-order valence-electron chi connectivity index (χ2n) is 5.55. The van der Waals surface area contributed by atoms with Gasteiger partial charge in [0.15, 0.2) is 11.5 Å². The Bertz CT molecular complexity index is 977. The molecular weight excluding hydrogens is 300 g/mol. The maximum atomic E-state index is 4.36. The molecule has 0 aliphatic carbocycles. The zero-order valence-corrected chi connectivity index (χ0v) is 13.2. The molecule has 0 spiro atoms. The van der Waals surface area contributed by atoms with Gasteiger partial charge >= 0.3 is 0 Å². The van der Waals surface area contributed by atoms with Crippen LogP contribution in [0, 0.1) is 0 Å². The largest absolute Gasteiger partial charge is 0.364 e. The average molecular weight is 316 g/mol. The van der Waals surface area contributed by atoms with Gasteiger partial charge in [0.2, 0.25) is 0 Å². The normalized spacial score (nSPS) is 10.9. The first-order chi connectivity index (χ1) is 11.8. The zero-order valence-electron chi connectivity index (χ0n) is 13.2. The molecule has 6 nitrogen and oxygen atoms in total. The number of hydrogen-bond acceptors (Lipinski definition) is 5. The number of fused-ring (bicyclic) bond motifs is 1. The highest BCUT2D eigenvalue weighted by atomic mass is 15.1. The Morgan fingerprint density at radius 2 is 1.96 bits per heavy atom. The molecule has 0 aliphatic rings. The lowest BCUT2D eigenvalue weighted by atomic mass is 10.0. The van der Waals surface area contributed by atoms with Crippen molar-refractivity contribution in [1.82, 2.24) is 24.5 Å². The molecule has 4 aromatic rings. The van der Waals surface area contributed by atoms with Crippen molar-refractivity contribution in [1.29, 1.82) is 0 Å². The van der Waals surface area contributed by atoms with Crippen LogP contribution in [0.15, 0.2) is 61.4 Å². The van der Waals surface area contributed by atoms with Crippen molar-refractivity contribution in [2.45, 2.75) is 6.54 Å². The highest BCUT2D eigenvalue weighted by molar-refractivity contribution is 5.82. The summed E-state index contributed by atoms with van der Waals surface area (Å²) in [4.78, 5) is 17.1. The van der Waals surface area contributed by atoms with E-state index in [9.17, 15) is 0 Å². The third-order valence-corrected chi connectivity index (χ3v) is 3.88. The van der Waals surface area contributed by atoms with Crippen molar-refractivity contribution >= 4 is 17.0 Å². The van der Waals surface area contributed by atoms with Gasteiger partial charge in [-0.1, -0.05) is 24.3 Å². The number of imidazole rings is 1. The van der Waals surface area contributed by atoms with E-state index in [-0.39, 0.29) is 0 Å². The molecule has 3 heterocycles. The van der Waals surface area contributed by atoms with Crippen LogP contribution in [0.4, 0.5) is 5.82 Å². The molecule has 6 heteroatoms. The molecule has 0 radical (unpaired) electrons. The first-order valence-electron chi connectivity index (χ1n) is 7.66. The molecule has 0 unspecified atom stereocenters. The molecule has 1 N–H and O–H groups in total. The van der Waals surface area contributed by atoms with E-state index < -0.39 is 0 Å². The minimum atomic E-state index is 0.663. The molecule has 0 bridgehead atoms. The molecule has 4 rings (SSSR count). The van der Waals surface area contributed by atoms with Crippen LogP contribution in [-0.2, 0) is 13.6 Å². The van der Waals surface area contributed by atoms with Gasteiger partial charge in [0.05, 0.1) is 6.33 Å². The fraction of sp³-hybridized carbons (Fsp3) is 0.111. The Labute approximate surface area is 139 Å². The number of aromatic nitrogens is 5. The molecular formula is C18H16N6.